The summed E-state index contributed by atoms with van der Waals surface area (Å²) in [5, 5.41) is 11.1. The van der Waals surface area contributed by atoms with Gasteiger partial charge in [0.2, 0.25) is 6.79 Å². The van der Waals surface area contributed by atoms with Gasteiger partial charge in [0, 0.05) is 16.8 Å². The van der Waals surface area contributed by atoms with Crippen molar-refractivity contribution in [2.75, 3.05) is 51.0 Å². The van der Waals surface area contributed by atoms with Crippen molar-refractivity contribution in [1.29, 1.82) is 0 Å². The molecule has 1 fully saturated rings. The van der Waals surface area contributed by atoms with Gasteiger partial charge in [-0.05, 0) is 30.3 Å². The number of benzene rings is 2. The van der Waals surface area contributed by atoms with Crippen LogP contribution in [0.5, 0.6) is 17.2 Å². The molecule has 0 amide bonds. The van der Waals surface area contributed by atoms with Gasteiger partial charge in [0.05, 0.1) is 26.2 Å². The molecule has 144 valence electrons. The molecule has 7 heteroatoms. The molecule has 0 bridgehead atoms. The van der Waals surface area contributed by atoms with Crippen LogP contribution >= 0.6 is 11.6 Å². The summed E-state index contributed by atoms with van der Waals surface area (Å²) in [5.41, 5.74) is 1.16. The molecule has 2 N–H and O–H groups in total. The van der Waals surface area contributed by atoms with E-state index >= 15 is 0 Å². The van der Waals surface area contributed by atoms with Gasteiger partial charge in [-0.25, -0.2) is 0 Å². The van der Waals surface area contributed by atoms with E-state index in [2.05, 4.69) is 11.0 Å². The first-order valence-electron chi connectivity index (χ1n) is 9.22. The van der Waals surface area contributed by atoms with Gasteiger partial charge in [0.25, 0.3) is 0 Å². The molecular formula is C20H24ClN2O4+. The van der Waals surface area contributed by atoms with Gasteiger partial charge in [0.15, 0.2) is 11.5 Å². The minimum Gasteiger partial charge on any atom is -0.491 e. The summed E-state index contributed by atoms with van der Waals surface area (Å²) < 4.78 is 16.3. The fourth-order valence-electron chi connectivity index (χ4n) is 3.51. The molecule has 0 saturated carbocycles. The summed E-state index contributed by atoms with van der Waals surface area (Å²) in [6.07, 6.45) is -0.511. The Morgan fingerprint density at radius 2 is 1.93 bits per heavy atom. The van der Waals surface area contributed by atoms with Crippen molar-refractivity contribution >= 4 is 17.3 Å². The molecule has 6 nitrogen and oxygen atoms in total. The van der Waals surface area contributed by atoms with Crippen LogP contribution in [0.15, 0.2) is 42.5 Å². The zero-order valence-corrected chi connectivity index (χ0v) is 15.8. The average molecular weight is 392 g/mol. The molecule has 2 aromatic rings. The summed E-state index contributed by atoms with van der Waals surface area (Å²) in [5.74, 6) is 2.09. The highest BCUT2D eigenvalue weighted by Gasteiger charge is 2.23. The van der Waals surface area contributed by atoms with Crippen molar-refractivity contribution in [2.45, 2.75) is 6.10 Å². The van der Waals surface area contributed by atoms with E-state index in [0.29, 0.717) is 18.0 Å². The van der Waals surface area contributed by atoms with Crippen molar-refractivity contribution in [3.63, 3.8) is 0 Å². The van der Waals surface area contributed by atoms with Gasteiger partial charge in [-0.2, -0.15) is 0 Å². The lowest BCUT2D eigenvalue weighted by Crippen LogP contribution is -3.16. The lowest BCUT2D eigenvalue weighted by atomic mass is 10.2. The van der Waals surface area contributed by atoms with Crippen molar-refractivity contribution in [3.8, 4) is 17.2 Å². The first-order chi connectivity index (χ1) is 13.2. The molecule has 0 spiro atoms. The lowest BCUT2D eigenvalue weighted by molar-refractivity contribution is -0.903. The van der Waals surface area contributed by atoms with Gasteiger partial charge in [-0.1, -0.05) is 17.7 Å². The fourth-order valence-corrected chi connectivity index (χ4v) is 3.69. The maximum absolute atomic E-state index is 10.3. The Labute approximate surface area is 163 Å². The number of halogens is 1. The molecule has 27 heavy (non-hydrogen) atoms. The smallest absolute Gasteiger partial charge is 0.231 e. The van der Waals surface area contributed by atoms with E-state index in [1.165, 1.54) is 4.90 Å². The zero-order chi connectivity index (χ0) is 18.6. The van der Waals surface area contributed by atoms with Gasteiger partial charge in [-0.15, -0.1) is 0 Å². The number of nitrogens with zero attached hydrogens (tertiary/aromatic N) is 1. The Morgan fingerprint density at radius 3 is 2.74 bits per heavy atom. The maximum Gasteiger partial charge on any atom is 0.231 e. The number of hydrogen-bond donors (Lipinski definition) is 2. The summed E-state index contributed by atoms with van der Waals surface area (Å²) >= 11 is 6.08. The first-order valence-corrected chi connectivity index (χ1v) is 9.60. The molecule has 2 aromatic carbocycles. The number of hydrogen-bond acceptors (Lipinski definition) is 5. The van der Waals surface area contributed by atoms with Gasteiger partial charge in [-0.3, -0.25) is 0 Å². The van der Waals surface area contributed by atoms with Crippen molar-refractivity contribution in [2.24, 2.45) is 0 Å². The molecule has 0 aliphatic carbocycles. The maximum atomic E-state index is 10.3. The highest BCUT2D eigenvalue weighted by atomic mass is 35.5. The van der Waals surface area contributed by atoms with Crippen molar-refractivity contribution in [3.05, 3.63) is 47.5 Å². The van der Waals surface area contributed by atoms with E-state index < -0.39 is 6.10 Å². The standard InChI is InChI=1S/C20H23ClN2O4/c21-15-2-1-3-16(10-15)23-8-6-22(7-9-23)12-17(24)13-25-18-4-5-19-20(11-18)27-14-26-19/h1-5,10-11,17,24H,6-9,12-14H2/p+1/t17-/m1/s1. The molecule has 2 aliphatic heterocycles. The van der Waals surface area contributed by atoms with E-state index in [9.17, 15) is 5.11 Å². The SMILES string of the molecule is O[C@@H](COc1ccc2c(c1)OCO2)C[NH+]1CCN(c2cccc(Cl)c2)CC1. The van der Waals surface area contributed by atoms with Crippen LogP contribution in [0.25, 0.3) is 0 Å². The Kier molecular flexibility index (Phi) is 5.57. The number of aliphatic hydroxyl groups excluding tert-OH is 1. The Hall–Kier alpha value is -2.15. The molecular weight excluding hydrogens is 368 g/mol. The molecule has 0 unspecified atom stereocenters. The van der Waals surface area contributed by atoms with Gasteiger partial charge < -0.3 is 29.1 Å². The number of ether oxygens (including phenoxy) is 3. The van der Waals surface area contributed by atoms with E-state index in [4.69, 9.17) is 25.8 Å². The second-order valence-electron chi connectivity index (χ2n) is 6.90. The van der Waals surface area contributed by atoms with Crippen LogP contribution in [0.4, 0.5) is 5.69 Å². The van der Waals surface area contributed by atoms with Crippen LogP contribution in [-0.4, -0.2) is 57.3 Å². The monoisotopic (exact) mass is 391 g/mol. The van der Waals surface area contributed by atoms with E-state index in [-0.39, 0.29) is 13.4 Å². The predicted molar refractivity (Wildman–Crippen MR) is 103 cm³/mol. The third kappa shape index (κ3) is 4.58. The second kappa shape index (κ2) is 8.25. The summed E-state index contributed by atoms with van der Waals surface area (Å²) in [6.45, 7) is 5.04. The van der Waals surface area contributed by atoms with Crippen molar-refractivity contribution < 1.29 is 24.2 Å². The highest BCUT2D eigenvalue weighted by molar-refractivity contribution is 6.30. The largest absolute Gasteiger partial charge is 0.491 e. The molecule has 2 heterocycles. The van der Waals surface area contributed by atoms with E-state index in [1.54, 1.807) is 6.07 Å². The van der Waals surface area contributed by atoms with E-state index in [0.717, 1.165) is 42.6 Å². The topological polar surface area (TPSA) is 55.6 Å². The van der Waals surface area contributed by atoms with Crippen LogP contribution in [0.1, 0.15) is 0 Å². The number of quaternary nitrogens is 1. The minimum atomic E-state index is -0.511. The highest BCUT2D eigenvalue weighted by Crippen LogP contribution is 2.35. The number of fused-ring (bicyclic) bond motifs is 1. The van der Waals surface area contributed by atoms with Crippen molar-refractivity contribution in [1.82, 2.24) is 0 Å². The number of nitrogens with one attached hydrogen (secondary N) is 1. The average Bonchev–Trinajstić information content (AvgIpc) is 3.15. The number of aliphatic hydroxyl groups is 1. The van der Waals surface area contributed by atoms with Crippen LogP contribution in [0.2, 0.25) is 5.02 Å². The molecule has 1 saturated heterocycles. The fraction of sp³-hybridized carbons (Fsp3) is 0.400. The quantitative estimate of drug-likeness (QED) is 0.775. The third-order valence-electron chi connectivity index (χ3n) is 4.95. The molecule has 0 radical (unpaired) electrons. The van der Waals surface area contributed by atoms with Gasteiger partial charge in [0.1, 0.15) is 25.0 Å². The first kappa shape index (κ1) is 18.2. The molecule has 4 rings (SSSR count). The van der Waals surface area contributed by atoms with Gasteiger partial charge >= 0.3 is 0 Å². The summed E-state index contributed by atoms with van der Waals surface area (Å²) in [4.78, 5) is 3.72. The van der Waals surface area contributed by atoms with Crippen LogP contribution < -0.4 is 24.0 Å². The summed E-state index contributed by atoms with van der Waals surface area (Å²) in [7, 11) is 0. The number of piperazine rings is 1. The number of anilines is 1. The van der Waals surface area contributed by atoms with Crippen LogP contribution in [0.3, 0.4) is 0 Å². The minimum absolute atomic E-state index is 0.242. The normalized spacial score (nSPS) is 17.8. The number of rotatable bonds is 6. The molecule has 2 aliphatic rings. The third-order valence-corrected chi connectivity index (χ3v) is 5.19. The van der Waals surface area contributed by atoms with Crippen LogP contribution in [-0.2, 0) is 0 Å². The Morgan fingerprint density at radius 1 is 1.11 bits per heavy atom. The Balaban J connectivity index is 1.22. The second-order valence-corrected chi connectivity index (χ2v) is 7.34. The predicted octanol–water partition coefficient (Wildman–Crippen LogP) is 1.21. The van der Waals surface area contributed by atoms with E-state index in [1.807, 2.05) is 30.3 Å². The zero-order valence-electron chi connectivity index (χ0n) is 15.1. The summed E-state index contributed by atoms with van der Waals surface area (Å²) in [6, 6.07) is 13.4. The lowest BCUT2D eigenvalue weighted by Gasteiger charge is -2.34. The van der Waals surface area contributed by atoms with Crippen LogP contribution in [0, 0.1) is 0 Å². The molecule has 0 aromatic heterocycles. The Bertz CT molecular complexity index is 780. The molecule has 1 atom stereocenters.